The van der Waals surface area contributed by atoms with E-state index in [-0.39, 0.29) is 11.9 Å². The zero-order valence-corrected chi connectivity index (χ0v) is 18.8. The topological polar surface area (TPSA) is 70.7 Å². The number of nitrogens with zero attached hydrogens (tertiary/aromatic N) is 1. The minimum absolute atomic E-state index is 0.0881. The minimum atomic E-state index is -0.581. The molecule has 0 bridgehead atoms. The van der Waals surface area contributed by atoms with Gasteiger partial charge in [0, 0.05) is 25.7 Å². The van der Waals surface area contributed by atoms with E-state index in [0.717, 1.165) is 38.9 Å². The predicted molar refractivity (Wildman–Crippen MR) is 118 cm³/mol. The fourth-order valence-corrected chi connectivity index (χ4v) is 4.80. The molecule has 6 nitrogen and oxygen atoms in total. The Hall–Kier alpha value is -2.08. The molecular formula is C24H37N3O3. The number of ether oxygens (including phenoxy) is 1. The number of carbonyl (C=O) groups excluding carboxylic acids is 2. The third-order valence-corrected chi connectivity index (χ3v) is 6.09. The first-order valence-corrected chi connectivity index (χ1v) is 11.3. The van der Waals surface area contributed by atoms with Crippen LogP contribution in [0.4, 0.5) is 4.79 Å². The molecule has 0 unspecified atom stereocenters. The zero-order chi connectivity index (χ0) is 21.7. The number of amides is 2. The molecule has 0 radical (unpaired) electrons. The van der Waals surface area contributed by atoms with Crippen LogP contribution >= 0.6 is 0 Å². The van der Waals surface area contributed by atoms with E-state index in [4.69, 9.17) is 4.74 Å². The van der Waals surface area contributed by atoms with E-state index in [9.17, 15) is 9.59 Å². The lowest BCUT2D eigenvalue weighted by Crippen LogP contribution is -2.51. The Balaban J connectivity index is 1.54. The van der Waals surface area contributed by atoms with Gasteiger partial charge in [0.1, 0.15) is 11.6 Å². The van der Waals surface area contributed by atoms with E-state index in [2.05, 4.69) is 39.8 Å². The average molecular weight is 416 g/mol. The van der Waals surface area contributed by atoms with Crippen LogP contribution in [0.25, 0.3) is 0 Å². The highest BCUT2D eigenvalue weighted by Crippen LogP contribution is 2.38. The Bertz CT molecular complexity index is 716. The maximum atomic E-state index is 13.0. The van der Waals surface area contributed by atoms with Crippen molar-refractivity contribution in [3.63, 3.8) is 0 Å². The molecule has 2 aliphatic rings. The van der Waals surface area contributed by atoms with Crippen molar-refractivity contribution >= 4 is 12.0 Å². The molecule has 1 aliphatic heterocycles. The second-order valence-electron chi connectivity index (χ2n) is 9.78. The Morgan fingerprint density at radius 2 is 1.90 bits per heavy atom. The van der Waals surface area contributed by atoms with Crippen LogP contribution in [0.5, 0.6) is 0 Å². The number of fused-ring (bicyclic) bond motifs is 1. The summed E-state index contributed by atoms with van der Waals surface area (Å²) in [6.07, 6.45) is 3.06. The maximum Gasteiger partial charge on any atom is 0.408 e. The highest BCUT2D eigenvalue weighted by Gasteiger charge is 2.43. The van der Waals surface area contributed by atoms with Crippen LogP contribution in [0.15, 0.2) is 30.3 Å². The molecule has 1 aromatic rings. The molecule has 4 atom stereocenters. The lowest BCUT2D eigenvalue weighted by atomic mass is 9.97. The normalized spacial score (nSPS) is 24.9. The number of rotatable bonds is 7. The van der Waals surface area contributed by atoms with Gasteiger partial charge in [-0.15, -0.1) is 0 Å². The van der Waals surface area contributed by atoms with Gasteiger partial charge in [-0.2, -0.15) is 0 Å². The Labute approximate surface area is 180 Å². The SMILES string of the molecule is CCC[C@H](NC(=O)OC(C)(C)C)C(=O)N[C@H]1CC[C@@H]2CN(Cc3ccccc3)C[C@@H]21. The van der Waals surface area contributed by atoms with Crippen LogP contribution in [0.3, 0.4) is 0 Å². The average Bonchev–Trinajstić information content (AvgIpc) is 3.22. The van der Waals surface area contributed by atoms with Gasteiger partial charge in [0.25, 0.3) is 0 Å². The summed E-state index contributed by atoms with van der Waals surface area (Å²) in [4.78, 5) is 27.6. The van der Waals surface area contributed by atoms with E-state index in [1.54, 1.807) is 0 Å². The summed E-state index contributed by atoms with van der Waals surface area (Å²) in [6.45, 7) is 10.6. The number of carbonyl (C=O) groups is 2. The number of nitrogens with one attached hydrogen (secondary N) is 2. The van der Waals surface area contributed by atoms with Gasteiger partial charge in [-0.05, 0) is 57.4 Å². The zero-order valence-electron chi connectivity index (χ0n) is 18.8. The number of hydrogen-bond acceptors (Lipinski definition) is 4. The van der Waals surface area contributed by atoms with Gasteiger partial charge >= 0.3 is 6.09 Å². The van der Waals surface area contributed by atoms with Gasteiger partial charge in [-0.3, -0.25) is 9.69 Å². The largest absolute Gasteiger partial charge is 0.444 e. The molecule has 1 saturated carbocycles. The van der Waals surface area contributed by atoms with Crippen molar-refractivity contribution in [1.29, 1.82) is 0 Å². The Morgan fingerprint density at radius 1 is 1.17 bits per heavy atom. The molecule has 2 amide bonds. The maximum absolute atomic E-state index is 13.0. The summed E-state index contributed by atoms with van der Waals surface area (Å²) in [6, 6.07) is 10.2. The quantitative estimate of drug-likeness (QED) is 0.712. The summed E-state index contributed by atoms with van der Waals surface area (Å²) in [5.74, 6) is 1.04. The van der Waals surface area contributed by atoms with Gasteiger partial charge in [0.05, 0.1) is 0 Å². The highest BCUT2D eigenvalue weighted by molar-refractivity contribution is 5.85. The number of benzene rings is 1. The number of alkyl carbamates (subject to hydrolysis) is 1. The fourth-order valence-electron chi connectivity index (χ4n) is 4.80. The molecule has 0 spiro atoms. The van der Waals surface area contributed by atoms with Crippen molar-refractivity contribution < 1.29 is 14.3 Å². The number of likely N-dealkylation sites (tertiary alicyclic amines) is 1. The van der Waals surface area contributed by atoms with Gasteiger partial charge in [-0.1, -0.05) is 43.7 Å². The van der Waals surface area contributed by atoms with E-state index in [0.29, 0.717) is 18.3 Å². The molecule has 1 heterocycles. The molecule has 6 heteroatoms. The van der Waals surface area contributed by atoms with Gasteiger partial charge in [0.15, 0.2) is 0 Å². The third-order valence-electron chi connectivity index (χ3n) is 6.09. The van der Waals surface area contributed by atoms with Crippen molar-refractivity contribution in [2.45, 2.75) is 77.6 Å². The van der Waals surface area contributed by atoms with E-state index in [1.165, 1.54) is 5.56 Å². The summed E-state index contributed by atoms with van der Waals surface area (Å²) in [7, 11) is 0. The molecule has 1 saturated heterocycles. The Kier molecular flexibility index (Phi) is 7.40. The van der Waals surface area contributed by atoms with Crippen LogP contribution in [-0.4, -0.2) is 47.7 Å². The molecule has 1 aliphatic carbocycles. The molecule has 0 aromatic heterocycles. The summed E-state index contributed by atoms with van der Waals surface area (Å²) in [5, 5.41) is 6.02. The first-order chi connectivity index (χ1) is 14.2. The first kappa shape index (κ1) is 22.6. The van der Waals surface area contributed by atoms with Crippen LogP contribution in [0.1, 0.15) is 58.9 Å². The molecular weight excluding hydrogens is 378 g/mol. The second kappa shape index (κ2) is 9.82. The smallest absolute Gasteiger partial charge is 0.408 e. The van der Waals surface area contributed by atoms with Gasteiger partial charge in [0.2, 0.25) is 5.91 Å². The molecule has 30 heavy (non-hydrogen) atoms. The van der Waals surface area contributed by atoms with Crippen LogP contribution in [0, 0.1) is 11.8 Å². The van der Waals surface area contributed by atoms with Crippen LogP contribution < -0.4 is 10.6 Å². The molecule has 2 fully saturated rings. The van der Waals surface area contributed by atoms with E-state index >= 15 is 0 Å². The molecule has 2 N–H and O–H groups in total. The second-order valence-corrected chi connectivity index (χ2v) is 9.78. The van der Waals surface area contributed by atoms with Crippen molar-refractivity contribution in [1.82, 2.24) is 15.5 Å². The lowest BCUT2D eigenvalue weighted by molar-refractivity contribution is -0.124. The predicted octanol–water partition coefficient (Wildman–Crippen LogP) is 3.71. The summed E-state index contributed by atoms with van der Waals surface area (Å²) >= 11 is 0. The van der Waals surface area contributed by atoms with Gasteiger partial charge < -0.3 is 15.4 Å². The summed E-state index contributed by atoms with van der Waals surface area (Å²) in [5.41, 5.74) is 0.754. The standard InChI is InChI=1S/C24H37N3O3/c1-5-9-21(26-23(29)30-24(2,3)4)22(28)25-20-13-12-18-15-27(16-19(18)20)14-17-10-7-6-8-11-17/h6-8,10-11,18-21H,5,9,12-16H2,1-4H3,(H,25,28)(H,26,29)/t18-,19+,20+,21+/m1/s1. The van der Waals surface area contributed by atoms with E-state index < -0.39 is 17.7 Å². The minimum Gasteiger partial charge on any atom is -0.444 e. The van der Waals surface area contributed by atoms with Gasteiger partial charge in [-0.25, -0.2) is 4.79 Å². The van der Waals surface area contributed by atoms with Crippen LogP contribution in [-0.2, 0) is 16.1 Å². The first-order valence-electron chi connectivity index (χ1n) is 11.3. The Morgan fingerprint density at radius 3 is 2.57 bits per heavy atom. The monoisotopic (exact) mass is 415 g/mol. The van der Waals surface area contributed by atoms with Crippen molar-refractivity contribution in [3.8, 4) is 0 Å². The third kappa shape index (κ3) is 6.21. The summed E-state index contributed by atoms with van der Waals surface area (Å²) < 4.78 is 5.34. The highest BCUT2D eigenvalue weighted by atomic mass is 16.6. The lowest BCUT2D eigenvalue weighted by Gasteiger charge is -2.26. The molecule has 166 valence electrons. The fraction of sp³-hybridized carbons (Fsp3) is 0.667. The van der Waals surface area contributed by atoms with Crippen molar-refractivity contribution in [2.75, 3.05) is 13.1 Å². The van der Waals surface area contributed by atoms with Crippen molar-refractivity contribution in [2.24, 2.45) is 11.8 Å². The molecule has 3 rings (SSSR count). The molecule has 1 aromatic carbocycles. The van der Waals surface area contributed by atoms with Crippen LogP contribution in [0.2, 0.25) is 0 Å². The van der Waals surface area contributed by atoms with E-state index in [1.807, 2.05) is 33.8 Å². The van der Waals surface area contributed by atoms with Crippen molar-refractivity contribution in [3.05, 3.63) is 35.9 Å². The number of hydrogen-bond donors (Lipinski definition) is 2.